The number of carbonyl (C=O) groups excluding carboxylic acids is 1. The second-order valence-electron chi connectivity index (χ2n) is 8.59. The van der Waals surface area contributed by atoms with Crippen molar-refractivity contribution in [3.05, 3.63) is 93.7 Å². The molecule has 3 rings (SSSR count). The number of para-hydroxylation sites is 1. The Kier molecular flexibility index (Phi) is 12.5. The molecule has 0 radical (unpaired) electrons. The van der Waals surface area contributed by atoms with Crippen LogP contribution in [0.4, 0.5) is 9.18 Å². The van der Waals surface area contributed by atoms with Gasteiger partial charge in [-0.05, 0) is 60.5 Å². The van der Waals surface area contributed by atoms with Crippen molar-refractivity contribution < 1.29 is 38.0 Å². The number of hydrogen-bond donors (Lipinski definition) is 1. The SMILES string of the molecule is CCOC(Cc1ccc(OCCN(CCOCc2cc(Cl)cc(Cl)c2)C(=O)Oc2ccccc2F)cc1)C(=O)O. The first kappa shape index (κ1) is 31.2. The number of aliphatic carboxylic acids is 1. The molecule has 0 fully saturated rings. The van der Waals surface area contributed by atoms with Crippen molar-refractivity contribution in [2.75, 3.05) is 32.9 Å². The van der Waals surface area contributed by atoms with Gasteiger partial charge < -0.3 is 29.0 Å². The van der Waals surface area contributed by atoms with Crippen LogP contribution in [-0.4, -0.2) is 61.1 Å². The fourth-order valence-electron chi connectivity index (χ4n) is 3.67. The number of hydrogen-bond acceptors (Lipinski definition) is 6. The fourth-order valence-corrected chi connectivity index (χ4v) is 4.24. The summed E-state index contributed by atoms with van der Waals surface area (Å²) in [5.41, 5.74) is 1.56. The Labute approximate surface area is 242 Å². The van der Waals surface area contributed by atoms with Crippen LogP contribution in [0.25, 0.3) is 0 Å². The molecule has 0 heterocycles. The van der Waals surface area contributed by atoms with Gasteiger partial charge >= 0.3 is 12.1 Å². The summed E-state index contributed by atoms with van der Waals surface area (Å²) in [5.74, 6) is -1.33. The Balaban J connectivity index is 1.56. The number of carbonyl (C=O) groups is 2. The van der Waals surface area contributed by atoms with E-state index in [2.05, 4.69) is 0 Å². The van der Waals surface area contributed by atoms with E-state index in [0.717, 1.165) is 11.1 Å². The van der Waals surface area contributed by atoms with E-state index >= 15 is 0 Å². The molecule has 1 atom stereocenters. The first-order valence-electron chi connectivity index (χ1n) is 12.5. The van der Waals surface area contributed by atoms with E-state index in [4.69, 9.17) is 42.1 Å². The smallest absolute Gasteiger partial charge is 0.415 e. The molecule has 0 saturated carbocycles. The number of ether oxygens (including phenoxy) is 4. The maximum atomic E-state index is 14.0. The van der Waals surface area contributed by atoms with Crippen LogP contribution in [0.2, 0.25) is 10.0 Å². The molecule has 0 aromatic heterocycles. The summed E-state index contributed by atoms with van der Waals surface area (Å²) in [6.07, 6.45) is -1.46. The molecule has 1 amide bonds. The normalized spacial score (nSPS) is 11.6. The summed E-state index contributed by atoms with van der Waals surface area (Å²) >= 11 is 12.1. The van der Waals surface area contributed by atoms with E-state index < -0.39 is 24.0 Å². The van der Waals surface area contributed by atoms with Crippen molar-refractivity contribution in [2.45, 2.75) is 26.1 Å². The summed E-state index contributed by atoms with van der Waals surface area (Å²) < 4.78 is 36.0. The minimum Gasteiger partial charge on any atom is -0.492 e. The van der Waals surface area contributed by atoms with Crippen LogP contribution in [0, 0.1) is 5.82 Å². The lowest BCUT2D eigenvalue weighted by atomic mass is 10.1. The van der Waals surface area contributed by atoms with E-state index in [0.29, 0.717) is 22.4 Å². The van der Waals surface area contributed by atoms with Crippen LogP contribution >= 0.6 is 23.2 Å². The zero-order chi connectivity index (χ0) is 28.9. The van der Waals surface area contributed by atoms with Crippen LogP contribution < -0.4 is 9.47 Å². The fraction of sp³-hybridized carbons (Fsp3) is 0.310. The van der Waals surface area contributed by atoms with Gasteiger partial charge in [0.25, 0.3) is 0 Å². The number of amides is 1. The summed E-state index contributed by atoms with van der Waals surface area (Å²) in [6.45, 7) is 2.83. The Morgan fingerprint density at radius 1 is 0.950 bits per heavy atom. The number of nitrogens with zero attached hydrogens (tertiary/aromatic N) is 1. The molecule has 40 heavy (non-hydrogen) atoms. The van der Waals surface area contributed by atoms with Gasteiger partial charge in [-0.1, -0.05) is 47.5 Å². The van der Waals surface area contributed by atoms with Gasteiger partial charge in [0.1, 0.15) is 12.4 Å². The maximum absolute atomic E-state index is 14.0. The molecular formula is C29H30Cl2FNO7. The second kappa shape index (κ2) is 16.0. The third kappa shape index (κ3) is 10.3. The molecule has 3 aromatic carbocycles. The zero-order valence-electron chi connectivity index (χ0n) is 21.9. The first-order valence-corrected chi connectivity index (χ1v) is 13.3. The van der Waals surface area contributed by atoms with Gasteiger partial charge in [0.15, 0.2) is 17.7 Å². The Morgan fingerprint density at radius 2 is 1.62 bits per heavy atom. The molecular weight excluding hydrogens is 564 g/mol. The highest BCUT2D eigenvalue weighted by Gasteiger charge is 2.19. The van der Waals surface area contributed by atoms with E-state index in [1.165, 1.54) is 23.1 Å². The molecule has 11 heteroatoms. The summed E-state index contributed by atoms with van der Waals surface area (Å²) in [7, 11) is 0. The lowest BCUT2D eigenvalue weighted by Crippen LogP contribution is -2.39. The van der Waals surface area contributed by atoms with Crippen LogP contribution in [0.3, 0.4) is 0 Å². The predicted molar refractivity (Wildman–Crippen MR) is 149 cm³/mol. The molecule has 0 saturated heterocycles. The van der Waals surface area contributed by atoms with Gasteiger partial charge in [0, 0.05) is 29.6 Å². The predicted octanol–water partition coefficient (Wildman–Crippen LogP) is 6.26. The Morgan fingerprint density at radius 3 is 2.27 bits per heavy atom. The molecule has 0 aliphatic carbocycles. The van der Waals surface area contributed by atoms with Crippen LogP contribution in [0.1, 0.15) is 18.1 Å². The Hall–Kier alpha value is -3.37. The van der Waals surface area contributed by atoms with Crippen molar-refractivity contribution in [3.63, 3.8) is 0 Å². The van der Waals surface area contributed by atoms with Crippen LogP contribution in [0.15, 0.2) is 66.7 Å². The number of carboxylic acid groups (broad SMARTS) is 1. The minimum absolute atomic E-state index is 0.117. The molecule has 1 N–H and O–H groups in total. The summed E-state index contributed by atoms with van der Waals surface area (Å²) in [5, 5.41) is 10.2. The third-order valence-electron chi connectivity index (χ3n) is 5.61. The van der Waals surface area contributed by atoms with Gasteiger partial charge in [0.2, 0.25) is 0 Å². The van der Waals surface area contributed by atoms with Gasteiger partial charge in [0.05, 0.1) is 19.8 Å². The monoisotopic (exact) mass is 593 g/mol. The van der Waals surface area contributed by atoms with Crippen molar-refractivity contribution in [2.24, 2.45) is 0 Å². The minimum atomic E-state index is -1.02. The molecule has 3 aromatic rings. The van der Waals surface area contributed by atoms with Crippen molar-refractivity contribution >= 4 is 35.3 Å². The highest BCUT2D eigenvalue weighted by Crippen LogP contribution is 2.20. The van der Waals surface area contributed by atoms with Crippen LogP contribution in [-0.2, 0) is 27.3 Å². The number of halogens is 3. The summed E-state index contributed by atoms with van der Waals surface area (Å²) in [4.78, 5) is 25.5. The summed E-state index contributed by atoms with van der Waals surface area (Å²) in [6, 6.07) is 17.6. The van der Waals surface area contributed by atoms with Gasteiger partial charge in [-0.15, -0.1) is 0 Å². The highest BCUT2D eigenvalue weighted by molar-refractivity contribution is 6.34. The molecule has 0 bridgehead atoms. The van der Waals surface area contributed by atoms with Gasteiger partial charge in [-0.3, -0.25) is 0 Å². The van der Waals surface area contributed by atoms with E-state index in [1.807, 2.05) is 0 Å². The lowest BCUT2D eigenvalue weighted by molar-refractivity contribution is -0.149. The topological polar surface area (TPSA) is 94.5 Å². The maximum Gasteiger partial charge on any atom is 0.415 e. The number of rotatable bonds is 15. The number of carboxylic acids is 1. The first-order chi connectivity index (χ1) is 19.2. The largest absolute Gasteiger partial charge is 0.492 e. The molecule has 1 unspecified atom stereocenters. The van der Waals surface area contributed by atoms with Crippen molar-refractivity contribution in [1.82, 2.24) is 4.90 Å². The lowest BCUT2D eigenvalue weighted by Gasteiger charge is -2.22. The molecule has 0 aliphatic heterocycles. The molecule has 214 valence electrons. The highest BCUT2D eigenvalue weighted by atomic mass is 35.5. The quantitative estimate of drug-likeness (QED) is 0.208. The average Bonchev–Trinajstić information content (AvgIpc) is 2.91. The number of benzene rings is 3. The molecule has 0 aliphatic rings. The third-order valence-corrected chi connectivity index (χ3v) is 6.04. The van der Waals surface area contributed by atoms with Crippen molar-refractivity contribution in [3.8, 4) is 11.5 Å². The molecule has 8 nitrogen and oxygen atoms in total. The van der Waals surface area contributed by atoms with Gasteiger partial charge in [-0.2, -0.15) is 0 Å². The van der Waals surface area contributed by atoms with E-state index in [1.54, 1.807) is 55.5 Å². The second-order valence-corrected chi connectivity index (χ2v) is 9.47. The molecule has 0 spiro atoms. The van der Waals surface area contributed by atoms with E-state index in [9.17, 15) is 19.1 Å². The van der Waals surface area contributed by atoms with Crippen molar-refractivity contribution in [1.29, 1.82) is 0 Å². The average molecular weight is 594 g/mol. The Bertz CT molecular complexity index is 1240. The van der Waals surface area contributed by atoms with E-state index in [-0.39, 0.29) is 45.1 Å². The van der Waals surface area contributed by atoms with Crippen LogP contribution in [0.5, 0.6) is 11.5 Å². The van der Waals surface area contributed by atoms with Gasteiger partial charge in [-0.25, -0.2) is 14.0 Å². The standard InChI is InChI=1S/C29H30Cl2FNO7/c1-2-38-27(28(34)35)17-20-7-9-24(10-8-20)39-14-12-33(29(36)40-26-6-4-3-5-25(26)32)11-13-37-19-21-15-22(30)18-23(31)16-21/h3-10,15-16,18,27H,2,11-14,17,19H2,1H3,(H,34,35). The zero-order valence-corrected chi connectivity index (χ0v) is 23.4.